The maximum absolute atomic E-state index is 12.8. The summed E-state index contributed by atoms with van der Waals surface area (Å²) >= 11 is 0. The fourth-order valence-corrected chi connectivity index (χ4v) is 4.61. The van der Waals surface area contributed by atoms with Gasteiger partial charge in [-0.1, -0.05) is 33.6 Å². The fraction of sp³-hybridized carbons (Fsp3) is 1.00. The van der Waals surface area contributed by atoms with Crippen LogP contribution in [0.4, 0.5) is 0 Å². The van der Waals surface area contributed by atoms with Gasteiger partial charge in [0.05, 0.1) is 0 Å². The van der Waals surface area contributed by atoms with Crippen LogP contribution in [0.3, 0.4) is 0 Å². The molecule has 0 aromatic rings. The van der Waals surface area contributed by atoms with Crippen molar-refractivity contribution in [3.05, 3.63) is 0 Å². The van der Waals surface area contributed by atoms with Gasteiger partial charge >= 0.3 is 0 Å². The Kier molecular flexibility index (Phi) is 8.02. The summed E-state index contributed by atoms with van der Waals surface area (Å²) in [6.07, 6.45) is 5.03. The van der Waals surface area contributed by atoms with Crippen LogP contribution in [0.25, 0.3) is 0 Å². The van der Waals surface area contributed by atoms with Crippen molar-refractivity contribution in [3.8, 4) is 0 Å². The Labute approximate surface area is 124 Å². The zero-order valence-corrected chi connectivity index (χ0v) is 14.1. The molecule has 1 fully saturated rings. The molecule has 0 amide bonds. The first-order valence-electron chi connectivity index (χ1n) is 8.05. The zero-order valence-electron chi connectivity index (χ0n) is 13.3. The van der Waals surface area contributed by atoms with Crippen molar-refractivity contribution in [1.82, 2.24) is 13.9 Å². The Morgan fingerprint density at radius 1 is 1.25 bits per heavy atom. The van der Waals surface area contributed by atoms with E-state index in [4.69, 9.17) is 0 Å². The lowest BCUT2D eigenvalue weighted by molar-refractivity contribution is 0.227. The molecule has 1 atom stereocenters. The monoisotopic (exact) mass is 305 g/mol. The number of unbranched alkanes of at least 4 members (excludes halogenated alkanes) is 1. The van der Waals surface area contributed by atoms with Crippen LogP contribution in [-0.4, -0.2) is 55.8 Å². The Morgan fingerprint density at radius 3 is 2.60 bits per heavy atom. The average molecular weight is 305 g/mol. The average Bonchev–Trinajstić information content (AvgIpc) is 2.46. The van der Waals surface area contributed by atoms with Crippen LogP contribution in [0.2, 0.25) is 0 Å². The second kappa shape index (κ2) is 8.97. The first-order chi connectivity index (χ1) is 9.57. The van der Waals surface area contributed by atoms with Gasteiger partial charge in [0.1, 0.15) is 0 Å². The lowest BCUT2D eigenvalue weighted by Gasteiger charge is -2.38. The van der Waals surface area contributed by atoms with Gasteiger partial charge < -0.3 is 5.32 Å². The lowest BCUT2D eigenvalue weighted by Crippen LogP contribution is -2.53. The zero-order chi connectivity index (χ0) is 15.0. The minimum Gasteiger partial charge on any atom is -0.315 e. The molecule has 0 aromatic carbocycles. The minimum atomic E-state index is -3.30. The molecule has 1 aliphatic rings. The molecule has 0 radical (unpaired) electrons. The molecule has 0 saturated carbocycles. The molecule has 5 nitrogen and oxygen atoms in total. The van der Waals surface area contributed by atoms with Crippen LogP contribution in [0.15, 0.2) is 0 Å². The quantitative estimate of drug-likeness (QED) is 0.707. The van der Waals surface area contributed by atoms with Gasteiger partial charge in [-0.2, -0.15) is 17.0 Å². The summed E-state index contributed by atoms with van der Waals surface area (Å²) in [6.45, 7) is 9.60. The van der Waals surface area contributed by atoms with E-state index in [-0.39, 0.29) is 6.04 Å². The summed E-state index contributed by atoms with van der Waals surface area (Å²) in [5.41, 5.74) is 0. The molecule has 1 N–H and O–H groups in total. The molecule has 0 aromatic heterocycles. The normalized spacial score (nSPS) is 21.5. The third kappa shape index (κ3) is 4.69. The van der Waals surface area contributed by atoms with Crippen molar-refractivity contribution in [1.29, 1.82) is 0 Å². The summed E-state index contributed by atoms with van der Waals surface area (Å²) in [4.78, 5) is 0. The van der Waals surface area contributed by atoms with Crippen molar-refractivity contribution in [2.24, 2.45) is 0 Å². The number of likely N-dealkylation sites (N-methyl/N-ethyl adjacent to an activating group) is 1. The van der Waals surface area contributed by atoms with Crippen molar-refractivity contribution in [3.63, 3.8) is 0 Å². The standard InChI is InChI=1S/C14H31N3O2S/c1-4-7-11-16(6-3)20(18,19)17-12-9-8-10-14(17)13-15-5-2/h14-15H,4-13H2,1-3H3. The highest BCUT2D eigenvalue weighted by atomic mass is 32.2. The Hall–Kier alpha value is -0.170. The molecule has 1 heterocycles. The maximum Gasteiger partial charge on any atom is 0.282 e. The first-order valence-corrected chi connectivity index (χ1v) is 9.45. The second-order valence-corrected chi connectivity index (χ2v) is 7.30. The van der Waals surface area contributed by atoms with Crippen LogP contribution in [-0.2, 0) is 10.2 Å². The van der Waals surface area contributed by atoms with Gasteiger partial charge in [0.25, 0.3) is 10.2 Å². The first kappa shape index (κ1) is 17.9. The van der Waals surface area contributed by atoms with E-state index in [1.807, 2.05) is 6.92 Å². The molecular weight excluding hydrogens is 274 g/mol. The number of nitrogens with one attached hydrogen (secondary N) is 1. The van der Waals surface area contributed by atoms with Crippen LogP contribution in [0.5, 0.6) is 0 Å². The largest absolute Gasteiger partial charge is 0.315 e. The van der Waals surface area contributed by atoms with Crippen LogP contribution in [0.1, 0.15) is 52.9 Å². The van der Waals surface area contributed by atoms with E-state index < -0.39 is 10.2 Å². The van der Waals surface area contributed by atoms with E-state index in [2.05, 4.69) is 19.2 Å². The van der Waals surface area contributed by atoms with E-state index in [0.717, 1.165) is 45.2 Å². The number of piperidine rings is 1. The van der Waals surface area contributed by atoms with Gasteiger partial charge in [-0.15, -0.1) is 0 Å². The Balaban J connectivity index is 2.79. The molecule has 1 unspecified atom stereocenters. The summed E-state index contributed by atoms with van der Waals surface area (Å²) in [6, 6.07) is 0.115. The molecule has 120 valence electrons. The predicted octanol–water partition coefficient (Wildman–Crippen LogP) is 1.82. The smallest absolute Gasteiger partial charge is 0.282 e. The van der Waals surface area contributed by atoms with E-state index in [9.17, 15) is 8.42 Å². The molecule has 1 rings (SSSR count). The summed E-state index contributed by atoms with van der Waals surface area (Å²) < 4.78 is 29.0. The summed E-state index contributed by atoms with van der Waals surface area (Å²) in [5.74, 6) is 0. The van der Waals surface area contributed by atoms with Gasteiger partial charge in [-0.25, -0.2) is 0 Å². The van der Waals surface area contributed by atoms with Crippen LogP contribution < -0.4 is 5.32 Å². The van der Waals surface area contributed by atoms with Gasteiger partial charge in [0, 0.05) is 32.2 Å². The molecule has 1 saturated heterocycles. The third-order valence-electron chi connectivity index (χ3n) is 3.94. The fourth-order valence-electron chi connectivity index (χ4n) is 2.71. The van der Waals surface area contributed by atoms with Gasteiger partial charge in [0.15, 0.2) is 0 Å². The molecule has 20 heavy (non-hydrogen) atoms. The second-order valence-electron chi connectivity index (χ2n) is 5.42. The SMILES string of the molecule is CCCCN(CC)S(=O)(=O)N1CCCCC1CNCC. The maximum atomic E-state index is 12.8. The van der Waals surface area contributed by atoms with Crippen molar-refractivity contribution in [2.75, 3.05) is 32.7 Å². The molecular formula is C14H31N3O2S. The number of hydrogen-bond acceptors (Lipinski definition) is 3. The highest BCUT2D eigenvalue weighted by Gasteiger charge is 2.35. The number of hydrogen-bond donors (Lipinski definition) is 1. The molecule has 6 heteroatoms. The van der Waals surface area contributed by atoms with Gasteiger partial charge in [-0.05, 0) is 25.8 Å². The van der Waals surface area contributed by atoms with E-state index in [1.165, 1.54) is 0 Å². The predicted molar refractivity (Wildman–Crippen MR) is 84.0 cm³/mol. The van der Waals surface area contributed by atoms with E-state index in [0.29, 0.717) is 19.6 Å². The molecule has 0 spiro atoms. The molecule has 0 aliphatic carbocycles. The highest BCUT2D eigenvalue weighted by Crippen LogP contribution is 2.22. The van der Waals surface area contributed by atoms with E-state index >= 15 is 0 Å². The minimum absolute atomic E-state index is 0.115. The van der Waals surface area contributed by atoms with E-state index in [1.54, 1.807) is 8.61 Å². The Bertz CT molecular complexity index is 359. The van der Waals surface area contributed by atoms with Gasteiger partial charge in [0.2, 0.25) is 0 Å². The number of nitrogens with zero attached hydrogens (tertiary/aromatic N) is 2. The summed E-state index contributed by atoms with van der Waals surface area (Å²) in [5, 5.41) is 3.30. The number of rotatable bonds is 9. The topological polar surface area (TPSA) is 52.7 Å². The van der Waals surface area contributed by atoms with Crippen LogP contribution >= 0.6 is 0 Å². The van der Waals surface area contributed by atoms with Crippen LogP contribution in [0, 0.1) is 0 Å². The van der Waals surface area contributed by atoms with Gasteiger partial charge in [-0.3, -0.25) is 0 Å². The van der Waals surface area contributed by atoms with Crippen molar-refractivity contribution in [2.45, 2.75) is 58.9 Å². The lowest BCUT2D eigenvalue weighted by atomic mass is 10.1. The highest BCUT2D eigenvalue weighted by molar-refractivity contribution is 7.86. The third-order valence-corrected chi connectivity index (χ3v) is 6.11. The van der Waals surface area contributed by atoms with Crippen molar-refractivity contribution < 1.29 is 8.42 Å². The molecule has 0 bridgehead atoms. The van der Waals surface area contributed by atoms with Crippen molar-refractivity contribution >= 4 is 10.2 Å². The molecule has 1 aliphatic heterocycles. The summed E-state index contributed by atoms with van der Waals surface area (Å²) in [7, 11) is -3.30. The Morgan fingerprint density at radius 2 is 2.00 bits per heavy atom.